The first-order valence-electron chi connectivity index (χ1n) is 6.26. The van der Waals surface area contributed by atoms with Crippen molar-refractivity contribution >= 4 is 28.4 Å². The highest BCUT2D eigenvalue weighted by Crippen LogP contribution is 2.22. The lowest BCUT2D eigenvalue weighted by atomic mass is 10.2. The number of anilines is 2. The maximum Gasteiger partial charge on any atom is 0.324 e. The summed E-state index contributed by atoms with van der Waals surface area (Å²) in [5.74, 6) is 0.744. The summed E-state index contributed by atoms with van der Waals surface area (Å²) in [5, 5.41) is 6.35. The summed E-state index contributed by atoms with van der Waals surface area (Å²) in [5.41, 5.74) is 1.67. The van der Waals surface area contributed by atoms with Crippen molar-refractivity contribution in [3.63, 3.8) is 0 Å². The molecule has 21 heavy (non-hydrogen) atoms. The molecule has 2 amide bonds. The molecule has 0 saturated carbocycles. The summed E-state index contributed by atoms with van der Waals surface area (Å²) in [7, 11) is 1.50. The van der Waals surface area contributed by atoms with Gasteiger partial charge in [-0.3, -0.25) is 5.32 Å². The Kier molecular flexibility index (Phi) is 3.38. The summed E-state index contributed by atoms with van der Waals surface area (Å²) >= 11 is 0. The van der Waals surface area contributed by atoms with Crippen molar-refractivity contribution in [2.24, 2.45) is 0 Å². The monoisotopic (exact) mass is 283 g/mol. The third-order valence-electron chi connectivity index (χ3n) is 2.94. The molecule has 0 aliphatic carbocycles. The van der Waals surface area contributed by atoms with Crippen molar-refractivity contribution in [3.05, 3.63) is 42.9 Å². The zero-order valence-corrected chi connectivity index (χ0v) is 11.3. The van der Waals surface area contributed by atoms with Crippen molar-refractivity contribution in [1.29, 1.82) is 0 Å². The number of carbonyl (C=O) groups is 1. The second-order valence-electron chi connectivity index (χ2n) is 4.27. The highest BCUT2D eigenvalue weighted by Gasteiger charge is 2.07. The van der Waals surface area contributed by atoms with Gasteiger partial charge in [-0.2, -0.15) is 0 Å². The van der Waals surface area contributed by atoms with Gasteiger partial charge in [0.2, 0.25) is 5.88 Å². The zero-order valence-electron chi connectivity index (χ0n) is 11.3. The molecular formula is C14H13N5O2. The molecule has 7 nitrogen and oxygen atoms in total. The van der Waals surface area contributed by atoms with Crippen LogP contribution in [0.5, 0.6) is 5.88 Å². The molecule has 0 fully saturated rings. The van der Waals surface area contributed by atoms with E-state index < -0.39 is 0 Å². The number of carbonyl (C=O) groups excluding carboxylic acids is 1. The number of urea groups is 1. The molecule has 3 N–H and O–H groups in total. The van der Waals surface area contributed by atoms with Crippen LogP contribution in [0.15, 0.2) is 42.9 Å². The molecular weight excluding hydrogens is 270 g/mol. The summed E-state index contributed by atoms with van der Waals surface area (Å²) in [4.78, 5) is 22.9. The molecule has 0 unspecified atom stereocenters. The van der Waals surface area contributed by atoms with Crippen LogP contribution in [-0.4, -0.2) is 28.1 Å². The normalized spacial score (nSPS) is 10.3. The number of benzene rings is 1. The number of rotatable bonds is 3. The first-order chi connectivity index (χ1) is 10.3. The van der Waals surface area contributed by atoms with Crippen LogP contribution in [-0.2, 0) is 0 Å². The molecule has 3 aromatic rings. The quantitative estimate of drug-likeness (QED) is 0.689. The maximum atomic E-state index is 12.0. The first-order valence-corrected chi connectivity index (χ1v) is 6.26. The Morgan fingerprint density at radius 2 is 2.14 bits per heavy atom. The van der Waals surface area contributed by atoms with Gasteiger partial charge < -0.3 is 15.0 Å². The van der Waals surface area contributed by atoms with E-state index in [1.807, 2.05) is 30.5 Å². The fraction of sp³-hybridized carbons (Fsp3) is 0.0714. The first kappa shape index (κ1) is 12.9. The van der Waals surface area contributed by atoms with E-state index in [-0.39, 0.29) is 6.03 Å². The minimum absolute atomic E-state index is 0.362. The lowest BCUT2D eigenvalue weighted by molar-refractivity contribution is 0.262. The number of hydrogen-bond donors (Lipinski definition) is 3. The summed E-state index contributed by atoms with van der Waals surface area (Å²) in [6, 6.07) is 8.69. The fourth-order valence-corrected chi connectivity index (χ4v) is 1.98. The van der Waals surface area contributed by atoms with Gasteiger partial charge in [0.1, 0.15) is 12.1 Å². The van der Waals surface area contributed by atoms with Crippen LogP contribution < -0.4 is 15.4 Å². The molecule has 1 aromatic carbocycles. The lowest BCUT2D eigenvalue weighted by Gasteiger charge is -2.08. The molecule has 0 saturated heterocycles. The minimum atomic E-state index is -0.385. The van der Waals surface area contributed by atoms with Crippen LogP contribution in [0.4, 0.5) is 16.3 Å². The van der Waals surface area contributed by atoms with Gasteiger partial charge in [0, 0.05) is 23.2 Å². The number of H-pyrrole nitrogens is 1. The molecule has 0 bridgehead atoms. The van der Waals surface area contributed by atoms with E-state index in [9.17, 15) is 4.79 Å². The van der Waals surface area contributed by atoms with Gasteiger partial charge in [0.15, 0.2) is 0 Å². The number of aromatic amines is 1. The molecule has 3 rings (SSSR count). The van der Waals surface area contributed by atoms with Gasteiger partial charge >= 0.3 is 6.03 Å². The van der Waals surface area contributed by atoms with E-state index >= 15 is 0 Å². The van der Waals surface area contributed by atoms with Crippen LogP contribution in [0, 0.1) is 0 Å². The smallest absolute Gasteiger partial charge is 0.324 e. The number of fused-ring (bicyclic) bond motifs is 1. The van der Waals surface area contributed by atoms with Crippen LogP contribution in [0.2, 0.25) is 0 Å². The van der Waals surface area contributed by atoms with Crippen LogP contribution in [0.25, 0.3) is 10.9 Å². The lowest BCUT2D eigenvalue weighted by Crippen LogP contribution is -2.20. The van der Waals surface area contributed by atoms with E-state index in [1.165, 1.54) is 19.5 Å². The Bertz CT molecular complexity index is 784. The van der Waals surface area contributed by atoms with Gasteiger partial charge in [0.05, 0.1) is 12.8 Å². The number of hydrogen-bond acceptors (Lipinski definition) is 4. The van der Waals surface area contributed by atoms with Gasteiger partial charge in [-0.15, -0.1) is 0 Å². The van der Waals surface area contributed by atoms with E-state index in [0.717, 1.165) is 10.9 Å². The topological polar surface area (TPSA) is 91.9 Å². The van der Waals surface area contributed by atoms with Crippen LogP contribution in [0.1, 0.15) is 0 Å². The third-order valence-corrected chi connectivity index (χ3v) is 2.94. The average molecular weight is 283 g/mol. The Labute approximate surface area is 120 Å². The number of nitrogens with one attached hydrogen (secondary N) is 3. The molecule has 2 aromatic heterocycles. The minimum Gasteiger partial charge on any atom is -0.481 e. The van der Waals surface area contributed by atoms with Gasteiger partial charge in [-0.1, -0.05) is 6.07 Å². The standard InChI is InChI=1S/C14H13N5O2/c1-21-13-7-12(16-8-17-13)19-14(20)18-11-4-2-3-10-9(11)5-6-15-10/h2-8,15H,1H3,(H2,16,17,18,19,20). The van der Waals surface area contributed by atoms with E-state index in [2.05, 4.69) is 25.6 Å². The summed E-state index contributed by atoms with van der Waals surface area (Å²) in [6.45, 7) is 0. The number of amides is 2. The second kappa shape index (κ2) is 5.49. The number of ether oxygens (including phenoxy) is 1. The van der Waals surface area contributed by atoms with Gasteiger partial charge in [-0.05, 0) is 18.2 Å². The summed E-state index contributed by atoms with van der Waals surface area (Å²) in [6.07, 6.45) is 3.14. The highest BCUT2D eigenvalue weighted by atomic mass is 16.5. The molecule has 2 heterocycles. The molecule has 0 radical (unpaired) electrons. The largest absolute Gasteiger partial charge is 0.481 e. The van der Waals surface area contributed by atoms with E-state index in [0.29, 0.717) is 17.4 Å². The predicted octanol–water partition coefficient (Wildman–Crippen LogP) is 2.61. The van der Waals surface area contributed by atoms with Crippen LogP contribution >= 0.6 is 0 Å². The Hall–Kier alpha value is -3.09. The van der Waals surface area contributed by atoms with Gasteiger partial charge in [-0.25, -0.2) is 14.8 Å². The second-order valence-corrected chi connectivity index (χ2v) is 4.27. The van der Waals surface area contributed by atoms with Crippen molar-refractivity contribution in [2.45, 2.75) is 0 Å². The van der Waals surface area contributed by atoms with Gasteiger partial charge in [0.25, 0.3) is 0 Å². The Morgan fingerprint density at radius 3 is 3.00 bits per heavy atom. The van der Waals surface area contributed by atoms with E-state index in [1.54, 1.807) is 0 Å². The fourth-order valence-electron chi connectivity index (χ4n) is 1.98. The number of methoxy groups -OCH3 is 1. The average Bonchev–Trinajstić information content (AvgIpc) is 2.97. The predicted molar refractivity (Wildman–Crippen MR) is 79.5 cm³/mol. The highest BCUT2D eigenvalue weighted by molar-refractivity contribution is 6.05. The molecule has 0 aliphatic rings. The van der Waals surface area contributed by atoms with Crippen molar-refractivity contribution in [2.75, 3.05) is 17.7 Å². The van der Waals surface area contributed by atoms with Crippen molar-refractivity contribution < 1.29 is 9.53 Å². The summed E-state index contributed by atoms with van der Waals surface area (Å²) < 4.78 is 4.97. The molecule has 0 atom stereocenters. The third kappa shape index (κ3) is 2.76. The molecule has 0 spiro atoms. The zero-order chi connectivity index (χ0) is 14.7. The Morgan fingerprint density at radius 1 is 1.24 bits per heavy atom. The SMILES string of the molecule is COc1cc(NC(=O)Nc2cccc3[nH]ccc23)ncn1. The van der Waals surface area contributed by atoms with E-state index in [4.69, 9.17) is 4.74 Å². The van der Waals surface area contributed by atoms with Crippen molar-refractivity contribution in [1.82, 2.24) is 15.0 Å². The Balaban J connectivity index is 1.75. The number of aromatic nitrogens is 3. The van der Waals surface area contributed by atoms with Crippen LogP contribution in [0.3, 0.4) is 0 Å². The molecule has 106 valence electrons. The molecule has 7 heteroatoms. The number of nitrogens with zero attached hydrogens (tertiary/aromatic N) is 2. The maximum absolute atomic E-state index is 12.0. The van der Waals surface area contributed by atoms with Crippen molar-refractivity contribution in [3.8, 4) is 5.88 Å². The molecule has 0 aliphatic heterocycles.